The van der Waals surface area contributed by atoms with Gasteiger partial charge in [-0.05, 0) is 0 Å². The van der Waals surface area contributed by atoms with E-state index in [9.17, 15) is 18.3 Å². The molecule has 7 nitrogen and oxygen atoms in total. The van der Waals surface area contributed by atoms with E-state index in [4.69, 9.17) is 13.7 Å². The monoisotopic (exact) mass is 555 g/mol. The van der Waals surface area contributed by atoms with Gasteiger partial charge in [0.25, 0.3) is 0 Å². The molecule has 2 N–H and O–H groups in total. The van der Waals surface area contributed by atoms with Gasteiger partial charge in [0.05, 0.1) is 0 Å². The topological polar surface area (TPSA) is 114 Å². The Morgan fingerprint density at radius 2 is 1.80 bits per heavy atom. The van der Waals surface area contributed by atoms with E-state index in [2.05, 4.69) is 13.0 Å². The predicted molar refractivity (Wildman–Crippen MR) is 133 cm³/mol. The second kappa shape index (κ2) is 10.6. The summed E-state index contributed by atoms with van der Waals surface area (Å²) < 4.78 is 37.5. The summed E-state index contributed by atoms with van der Waals surface area (Å²) in [5.41, 5.74) is 1.77. The van der Waals surface area contributed by atoms with Gasteiger partial charge in [-0.2, -0.15) is 0 Å². The zero-order valence-electron chi connectivity index (χ0n) is 19.0. The van der Waals surface area contributed by atoms with E-state index in [0.29, 0.717) is 0 Å². The van der Waals surface area contributed by atoms with Crippen molar-refractivity contribution in [3.05, 3.63) is 83.6 Å². The Labute approximate surface area is 210 Å². The first-order chi connectivity index (χ1) is 16.8. The van der Waals surface area contributed by atoms with Crippen molar-refractivity contribution in [3.8, 4) is 11.5 Å². The molecule has 35 heavy (non-hydrogen) atoms. The second-order valence-corrected chi connectivity index (χ2v) is 11.9. The summed E-state index contributed by atoms with van der Waals surface area (Å²) in [6.07, 6.45) is 3.08. The van der Waals surface area contributed by atoms with Crippen LogP contribution < -0.4 is 8.53 Å². The van der Waals surface area contributed by atoms with Crippen LogP contribution in [0.5, 0.6) is 11.5 Å². The molecule has 1 heterocycles. The molecule has 0 amide bonds. The standard InChI is InChI=1S/C26H24AsO7S/c1-2-3-7-25-22(20-6-4-5-8-24(20)33-25)16-27-17-9-11-18(12-10-17)34-35(31,32)19-13-14-21(26(29)30)23(28)15-19/h4-6,8-15,28H,2-3,7,16H2,1H3,(H,29,30). The first kappa shape index (κ1) is 24.9. The van der Waals surface area contributed by atoms with E-state index in [1.54, 1.807) is 12.1 Å². The maximum absolute atomic E-state index is 12.6. The van der Waals surface area contributed by atoms with Gasteiger partial charge < -0.3 is 0 Å². The number of phenols is 1. The van der Waals surface area contributed by atoms with Crippen LogP contribution in [0.1, 0.15) is 41.4 Å². The molecule has 1 aromatic heterocycles. The van der Waals surface area contributed by atoms with Crippen LogP contribution in [0.15, 0.2) is 76.0 Å². The number of unbranched alkanes of at least 4 members (excludes halogenated alkanes) is 1. The van der Waals surface area contributed by atoms with Crippen LogP contribution in [-0.2, 0) is 21.7 Å². The van der Waals surface area contributed by atoms with Crippen molar-refractivity contribution in [2.75, 3.05) is 0 Å². The molecule has 0 aliphatic carbocycles. The van der Waals surface area contributed by atoms with Crippen LogP contribution >= 0.6 is 0 Å². The summed E-state index contributed by atoms with van der Waals surface area (Å²) in [6, 6.07) is 17.9. The van der Waals surface area contributed by atoms with Crippen LogP contribution in [0.3, 0.4) is 0 Å². The number of fused-ring (bicyclic) bond motifs is 1. The third-order valence-corrected chi connectivity index (χ3v) is 9.12. The number of carbonyl (C=O) groups is 1. The van der Waals surface area contributed by atoms with Crippen LogP contribution in [0, 0.1) is 0 Å². The maximum atomic E-state index is 12.6. The van der Waals surface area contributed by atoms with Crippen LogP contribution in [0.25, 0.3) is 11.0 Å². The predicted octanol–water partition coefficient (Wildman–Crippen LogP) is 4.48. The molecule has 0 atom stereocenters. The van der Waals surface area contributed by atoms with Crippen molar-refractivity contribution in [2.45, 2.75) is 36.3 Å². The number of hydrogen-bond acceptors (Lipinski definition) is 6. The molecule has 0 saturated carbocycles. The molecule has 0 fully saturated rings. The Morgan fingerprint density at radius 3 is 2.49 bits per heavy atom. The molecule has 9 heteroatoms. The molecule has 0 aliphatic rings. The summed E-state index contributed by atoms with van der Waals surface area (Å²) in [5, 5.41) is 20.8. The van der Waals surface area contributed by atoms with Gasteiger partial charge in [-0.15, -0.1) is 0 Å². The zero-order valence-corrected chi connectivity index (χ0v) is 21.7. The Balaban J connectivity index is 1.46. The van der Waals surface area contributed by atoms with Crippen LogP contribution in [0.2, 0.25) is 0 Å². The third kappa shape index (κ3) is 5.72. The number of benzene rings is 3. The van der Waals surface area contributed by atoms with Gasteiger partial charge in [0, 0.05) is 0 Å². The van der Waals surface area contributed by atoms with Gasteiger partial charge in [0.2, 0.25) is 0 Å². The van der Waals surface area contributed by atoms with Crippen molar-refractivity contribution < 1.29 is 32.0 Å². The number of hydrogen-bond donors (Lipinski definition) is 2. The average Bonchev–Trinajstić information content (AvgIpc) is 3.19. The quantitative estimate of drug-likeness (QED) is 0.219. The van der Waals surface area contributed by atoms with Crippen LogP contribution in [0.4, 0.5) is 0 Å². The van der Waals surface area contributed by atoms with Crippen molar-refractivity contribution in [1.82, 2.24) is 0 Å². The fourth-order valence-electron chi connectivity index (χ4n) is 3.66. The summed E-state index contributed by atoms with van der Waals surface area (Å²) in [5.74, 6) is -0.820. The molecular weight excluding hydrogens is 531 g/mol. The fraction of sp³-hybridized carbons (Fsp3) is 0.192. The summed E-state index contributed by atoms with van der Waals surface area (Å²) in [7, 11) is -4.24. The van der Waals surface area contributed by atoms with Gasteiger partial charge in [-0.1, -0.05) is 0 Å². The van der Waals surface area contributed by atoms with Crippen molar-refractivity contribution in [3.63, 3.8) is 0 Å². The third-order valence-electron chi connectivity index (χ3n) is 5.49. The van der Waals surface area contributed by atoms with E-state index >= 15 is 0 Å². The normalized spacial score (nSPS) is 11.9. The molecular formula is C26H24AsO7S. The van der Waals surface area contributed by atoms with E-state index in [1.165, 1.54) is 5.56 Å². The summed E-state index contributed by atoms with van der Waals surface area (Å²) in [6.45, 7) is 2.16. The molecule has 3 aromatic carbocycles. The zero-order chi connectivity index (χ0) is 25.0. The second-order valence-electron chi connectivity index (χ2n) is 7.94. The minimum absolute atomic E-state index is 0.133. The number of furan rings is 1. The first-order valence-electron chi connectivity index (χ1n) is 11.1. The van der Waals surface area contributed by atoms with Gasteiger partial charge in [-0.3, -0.25) is 0 Å². The number of para-hydroxylation sites is 1. The first-order valence-corrected chi connectivity index (χ1v) is 14.7. The Morgan fingerprint density at radius 1 is 1.06 bits per heavy atom. The molecule has 0 unspecified atom stereocenters. The van der Waals surface area contributed by atoms with Gasteiger partial charge in [0.15, 0.2) is 0 Å². The van der Waals surface area contributed by atoms with E-state index < -0.39 is 21.8 Å². The molecule has 0 spiro atoms. The molecule has 4 rings (SSSR count). The van der Waals surface area contributed by atoms with Crippen LogP contribution in [-0.4, -0.2) is 40.4 Å². The number of aryl methyl sites for hydroxylation is 1. The molecule has 0 bridgehead atoms. The van der Waals surface area contributed by atoms with E-state index in [0.717, 1.165) is 63.8 Å². The molecule has 181 valence electrons. The molecule has 0 saturated heterocycles. The Kier molecular flexibility index (Phi) is 7.53. The van der Waals surface area contributed by atoms with Gasteiger partial charge in [-0.25, -0.2) is 0 Å². The SMILES string of the molecule is CCCCc1oc2ccccc2c1C[As]c1ccc(OS(=O)(=O)c2ccc(C(=O)O)c(O)c2)cc1. The number of rotatable bonds is 10. The number of aromatic hydroxyl groups is 1. The molecule has 0 aliphatic heterocycles. The Bertz CT molecular complexity index is 1460. The van der Waals surface area contributed by atoms with Crippen molar-refractivity contribution in [2.24, 2.45) is 0 Å². The summed E-state index contributed by atoms with van der Waals surface area (Å²) in [4.78, 5) is 10.7. The van der Waals surface area contributed by atoms with Gasteiger partial charge in [0.1, 0.15) is 0 Å². The number of aromatic carboxylic acids is 1. The minimum atomic E-state index is -4.24. The number of carboxylic acid groups (broad SMARTS) is 1. The Hall–Kier alpha value is -3.22. The van der Waals surface area contributed by atoms with E-state index in [1.807, 2.05) is 30.3 Å². The molecule has 4 aromatic rings. The average molecular weight is 555 g/mol. The number of carboxylic acids is 1. The van der Waals surface area contributed by atoms with Crippen molar-refractivity contribution >= 4 is 47.2 Å². The van der Waals surface area contributed by atoms with Gasteiger partial charge >= 0.3 is 211 Å². The fourth-order valence-corrected chi connectivity index (χ4v) is 6.81. The summed E-state index contributed by atoms with van der Waals surface area (Å²) >= 11 is -0.224. The van der Waals surface area contributed by atoms with E-state index in [-0.39, 0.29) is 32.0 Å². The van der Waals surface area contributed by atoms with Crippen molar-refractivity contribution in [1.29, 1.82) is 0 Å². The molecule has 1 radical (unpaired) electrons.